The molecule has 1 aliphatic heterocycles. The van der Waals surface area contributed by atoms with Gasteiger partial charge in [0.1, 0.15) is 0 Å². The van der Waals surface area contributed by atoms with Crippen LogP contribution in [0.1, 0.15) is 30.9 Å². The van der Waals surface area contributed by atoms with Crippen LogP contribution in [0.3, 0.4) is 0 Å². The van der Waals surface area contributed by atoms with E-state index in [1.807, 2.05) is 25.1 Å². The van der Waals surface area contributed by atoms with Crippen molar-refractivity contribution >= 4 is 11.6 Å². The SMILES string of the molecule is CN1C(=O)Cc2cc(C(C)(N)CCCO)ccc21. The van der Waals surface area contributed by atoms with Crippen LogP contribution in [0.25, 0.3) is 0 Å². The Morgan fingerprint density at radius 3 is 2.89 bits per heavy atom. The number of aliphatic hydroxyl groups is 1. The van der Waals surface area contributed by atoms with Crippen LogP contribution in [0.2, 0.25) is 0 Å². The van der Waals surface area contributed by atoms with Gasteiger partial charge in [0.2, 0.25) is 5.91 Å². The molecular weight excluding hydrogens is 228 g/mol. The van der Waals surface area contributed by atoms with Crippen LogP contribution in [0.4, 0.5) is 5.69 Å². The molecule has 18 heavy (non-hydrogen) atoms. The van der Waals surface area contributed by atoms with Crippen molar-refractivity contribution in [3.8, 4) is 0 Å². The van der Waals surface area contributed by atoms with E-state index in [2.05, 4.69) is 0 Å². The third-order valence-corrected chi connectivity index (χ3v) is 3.67. The fourth-order valence-corrected chi connectivity index (χ4v) is 2.42. The fourth-order valence-electron chi connectivity index (χ4n) is 2.42. The van der Waals surface area contributed by atoms with Gasteiger partial charge in [0.25, 0.3) is 0 Å². The highest BCUT2D eigenvalue weighted by molar-refractivity contribution is 6.00. The molecule has 4 heteroatoms. The van der Waals surface area contributed by atoms with E-state index in [-0.39, 0.29) is 12.5 Å². The highest BCUT2D eigenvalue weighted by atomic mass is 16.2. The van der Waals surface area contributed by atoms with Gasteiger partial charge in [0.05, 0.1) is 6.42 Å². The first-order valence-corrected chi connectivity index (χ1v) is 6.25. The Bertz CT molecular complexity index is 469. The molecule has 1 unspecified atom stereocenters. The second-order valence-electron chi connectivity index (χ2n) is 5.22. The summed E-state index contributed by atoms with van der Waals surface area (Å²) in [6.45, 7) is 2.11. The number of carbonyl (C=O) groups excluding carboxylic acids is 1. The van der Waals surface area contributed by atoms with Gasteiger partial charge in [0, 0.05) is 24.9 Å². The number of nitrogens with two attached hydrogens (primary N) is 1. The molecule has 98 valence electrons. The third-order valence-electron chi connectivity index (χ3n) is 3.67. The van der Waals surface area contributed by atoms with E-state index < -0.39 is 5.54 Å². The molecule has 0 spiro atoms. The first-order valence-electron chi connectivity index (χ1n) is 6.25. The maximum absolute atomic E-state index is 11.6. The molecule has 1 aliphatic rings. The Labute approximate surface area is 107 Å². The minimum absolute atomic E-state index is 0.122. The van der Waals surface area contributed by atoms with Gasteiger partial charge in [-0.1, -0.05) is 12.1 Å². The minimum Gasteiger partial charge on any atom is -0.396 e. The van der Waals surface area contributed by atoms with Crippen molar-refractivity contribution in [3.05, 3.63) is 29.3 Å². The molecule has 4 nitrogen and oxygen atoms in total. The predicted molar refractivity (Wildman–Crippen MR) is 71.4 cm³/mol. The highest BCUT2D eigenvalue weighted by Gasteiger charge is 2.27. The monoisotopic (exact) mass is 248 g/mol. The molecule has 0 bridgehead atoms. The van der Waals surface area contributed by atoms with Gasteiger partial charge in [-0.2, -0.15) is 0 Å². The van der Waals surface area contributed by atoms with Gasteiger partial charge in [-0.25, -0.2) is 0 Å². The van der Waals surface area contributed by atoms with E-state index >= 15 is 0 Å². The Hall–Kier alpha value is -1.39. The Morgan fingerprint density at radius 2 is 2.22 bits per heavy atom. The number of aliphatic hydroxyl groups excluding tert-OH is 1. The predicted octanol–water partition coefficient (Wildman–Crippen LogP) is 1.15. The first-order chi connectivity index (χ1) is 8.45. The molecule has 1 heterocycles. The lowest BCUT2D eigenvalue weighted by Gasteiger charge is -2.25. The van der Waals surface area contributed by atoms with Crippen LogP contribution >= 0.6 is 0 Å². The molecule has 0 fully saturated rings. The van der Waals surface area contributed by atoms with Crippen molar-refractivity contribution in [2.45, 2.75) is 31.7 Å². The lowest BCUT2D eigenvalue weighted by molar-refractivity contribution is -0.117. The Balaban J connectivity index is 2.28. The van der Waals surface area contributed by atoms with Crippen molar-refractivity contribution in [2.75, 3.05) is 18.6 Å². The summed E-state index contributed by atoms with van der Waals surface area (Å²) in [4.78, 5) is 13.3. The fraction of sp³-hybridized carbons (Fsp3) is 0.500. The molecule has 0 saturated carbocycles. The van der Waals surface area contributed by atoms with Gasteiger partial charge in [-0.15, -0.1) is 0 Å². The summed E-state index contributed by atoms with van der Waals surface area (Å²) in [5.74, 6) is 0.122. The van der Waals surface area contributed by atoms with E-state index in [1.165, 1.54) is 0 Å². The largest absolute Gasteiger partial charge is 0.396 e. The average molecular weight is 248 g/mol. The van der Waals surface area contributed by atoms with Gasteiger partial charge < -0.3 is 15.7 Å². The summed E-state index contributed by atoms with van der Waals surface area (Å²) in [7, 11) is 1.79. The van der Waals surface area contributed by atoms with E-state index in [1.54, 1.807) is 11.9 Å². The Morgan fingerprint density at radius 1 is 1.50 bits per heavy atom. The van der Waals surface area contributed by atoms with E-state index in [9.17, 15) is 4.79 Å². The first kappa shape index (κ1) is 13.1. The number of amides is 1. The zero-order valence-corrected chi connectivity index (χ0v) is 10.9. The number of benzene rings is 1. The number of hydrogen-bond donors (Lipinski definition) is 2. The zero-order valence-electron chi connectivity index (χ0n) is 10.9. The van der Waals surface area contributed by atoms with Crippen molar-refractivity contribution in [3.63, 3.8) is 0 Å². The molecule has 1 aromatic carbocycles. The quantitative estimate of drug-likeness (QED) is 0.840. The van der Waals surface area contributed by atoms with Crippen LogP contribution in [0.5, 0.6) is 0 Å². The normalized spacial score (nSPS) is 17.8. The Kier molecular flexibility index (Phi) is 3.41. The van der Waals surface area contributed by atoms with Crippen molar-refractivity contribution in [1.29, 1.82) is 0 Å². The number of nitrogens with zero attached hydrogens (tertiary/aromatic N) is 1. The summed E-state index contributed by atoms with van der Waals surface area (Å²) < 4.78 is 0. The topological polar surface area (TPSA) is 66.6 Å². The van der Waals surface area contributed by atoms with Crippen molar-refractivity contribution < 1.29 is 9.90 Å². The number of fused-ring (bicyclic) bond motifs is 1. The van der Waals surface area contributed by atoms with Gasteiger partial charge in [0.15, 0.2) is 0 Å². The van der Waals surface area contributed by atoms with E-state index in [0.29, 0.717) is 12.8 Å². The smallest absolute Gasteiger partial charge is 0.231 e. The van der Waals surface area contributed by atoms with Crippen LogP contribution in [0, 0.1) is 0 Å². The standard InChI is InChI=1S/C14H20N2O2/c1-14(15,6-3-7-17)11-4-5-12-10(8-11)9-13(18)16(12)2/h4-5,8,17H,3,6-7,9,15H2,1-2H3. The number of rotatable bonds is 4. The summed E-state index contributed by atoms with van der Waals surface area (Å²) in [5, 5.41) is 8.89. The number of carbonyl (C=O) groups is 1. The molecule has 1 amide bonds. The maximum atomic E-state index is 11.6. The second-order valence-corrected chi connectivity index (χ2v) is 5.22. The molecule has 1 atom stereocenters. The molecule has 2 rings (SSSR count). The van der Waals surface area contributed by atoms with E-state index in [4.69, 9.17) is 10.8 Å². The van der Waals surface area contributed by atoms with Gasteiger partial charge >= 0.3 is 0 Å². The van der Waals surface area contributed by atoms with Crippen LogP contribution < -0.4 is 10.6 Å². The molecule has 3 N–H and O–H groups in total. The van der Waals surface area contributed by atoms with Crippen LogP contribution in [-0.2, 0) is 16.8 Å². The summed E-state index contributed by atoms with van der Waals surface area (Å²) in [5.41, 5.74) is 8.86. The van der Waals surface area contributed by atoms with Crippen molar-refractivity contribution in [1.82, 2.24) is 0 Å². The highest BCUT2D eigenvalue weighted by Crippen LogP contribution is 2.32. The maximum Gasteiger partial charge on any atom is 0.231 e. The minimum atomic E-state index is -0.456. The number of hydrogen-bond acceptors (Lipinski definition) is 3. The summed E-state index contributed by atoms with van der Waals surface area (Å²) in [6.07, 6.45) is 1.87. The molecule has 0 saturated heterocycles. The lowest BCUT2D eigenvalue weighted by Crippen LogP contribution is -2.33. The van der Waals surface area contributed by atoms with Crippen LogP contribution in [-0.4, -0.2) is 24.7 Å². The number of anilines is 1. The average Bonchev–Trinajstić information content (AvgIpc) is 2.62. The summed E-state index contributed by atoms with van der Waals surface area (Å²) >= 11 is 0. The summed E-state index contributed by atoms with van der Waals surface area (Å²) in [6, 6.07) is 5.96. The lowest BCUT2D eigenvalue weighted by atomic mass is 9.87. The second kappa shape index (κ2) is 4.71. The zero-order chi connectivity index (χ0) is 13.3. The molecule has 1 aromatic rings. The van der Waals surface area contributed by atoms with Gasteiger partial charge in [-0.05, 0) is 37.0 Å². The molecule has 0 aliphatic carbocycles. The molecule has 0 aromatic heterocycles. The van der Waals surface area contributed by atoms with Gasteiger partial charge in [-0.3, -0.25) is 4.79 Å². The molecular formula is C14H20N2O2. The van der Waals surface area contributed by atoms with Crippen molar-refractivity contribution in [2.24, 2.45) is 5.73 Å². The number of likely N-dealkylation sites (N-methyl/N-ethyl adjacent to an activating group) is 1. The van der Waals surface area contributed by atoms with Crippen LogP contribution in [0.15, 0.2) is 18.2 Å². The molecule has 0 radical (unpaired) electrons. The third kappa shape index (κ3) is 2.26. The van der Waals surface area contributed by atoms with E-state index in [0.717, 1.165) is 23.2 Å².